The predicted octanol–water partition coefficient (Wildman–Crippen LogP) is 1.38. The number of nitrogens with one attached hydrogen (secondary N) is 1. The molecule has 2 aromatic rings. The standard InChI is InChI=1S/C21H26N4O4S/c26-19(23-14-16-4-2-1-3-5-16)18-15-24-13-10-22-20(24)21(29-18)8-11-25(12-9-21)30(27,28)17-6-7-17/h1-5,10,13,17-18H,6-9,11-12,14-15H2,(H,23,26). The van der Waals surface area contributed by atoms with Gasteiger partial charge < -0.3 is 14.6 Å². The molecule has 3 heterocycles. The molecular weight excluding hydrogens is 404 g/mol. The molecule has 1 amide bonds. The second-order valence-electron chi connectivity index (χ2n) is 8.35. The third-order valence-corrected chi connectivity index (χ3v) is 8.69. The van der Waals surface area contributed by atoms with Gasteiger partial charge in [-0.2, -0.15) is 0 Å². The molecule has 9 heteroatoms. The van der Waals surface area contributed by atoms with Crippen LogP contribution in [0.2, 0.25) is 0 Å². The Kier molecular flexibility index (Phi) is 4.91. The van der Waals surface area contributed by atoms with E-state index in [0.717, 1.165) is 24.2 Å². The first-order valence-electron chi connectivity index (χ1n) is 10.5. The van der Waals surface area contributed by atoms with Gasteiger partial charge in [-0.3, -0.25) is 4.79 Å². The molecule has 160 valence electrons. The summed E-state index contributed by atoms with van der Waals surface area (Å²) in [7, 11) is -3.21. The minimum atomic E-state index is -3.21. The second kappa shape index (κ2) is 7.47. The molecule has 1 aromatic heterocycles. The van der Waals surface area contributed by atoms with Gasteiger partial charge in [-0.15, -0.1) is 0 Å². The van der Waals surface area contributed by atoms with Gasteiger partial charge in [0.15, 0.2) is 6.10 Å². The molecular formula is C21H26N4O4S. The van der Waals surface area contributed by atoms with Crippen molar-refractivity contribution in [1.82, 2.24) is 19.2 Å². The molecule has 2 aliphatic heterocycles. The Hall–Kier alpha value is -2.23. The summed E-state index contributed by atoms with van der Waals surface area (Å²) in [5, 5.41) is 2.76. The third kappa shape index (κ3) is 3.55. The summed E-state index contributed by atoms with van der Waals surface area (Å²) in [6, 6.07) is 9.75. The van der Waals surface area contributed by atoms with Crippen LogP contribution in [0.3, 0.4) is 0 Å². The number of carbonyl (C=O) groups is 1. The molecule has 0 bridgehead atoms. The van der Waals surface area contributed by atoms with Crippen molar-refractivity contribution in [2.45, 2.75) is 55.7 Å². The highest BCUT2D eigenvalue weighted by Crippen LogP contribution is 2.42. The summed E-state index contributed by atoms with van der Waals surface area (Å²) >= 11 is 0. The van der Waals surface area contributed by atoms with E-state index in [9.17, 15) is 13.2 Å². The van der Waals surface area contributed by atoms with Crippen LogP contribution >= 0.6 is 0 Å². The van der Waals surface area contributed by atoms with Crippen LogP contribution in [0.25, 0.3) is 0 Å². The molecule has 1 spiro atoms. The number of benzene rings is 1. The number of imidazole rings is 1. The molecule has 1 atom stereocenters. The molecule has 1 N–H and O–H groups in total. The SMILES string of the molecule is O=C(NCc1ccccc1)C1Cn2ccnc2C2(CCN(S(=O)(=O)C3CC3)CC2)O1. The normalized spacial score (nSPS) is 23.8. The number of piperidine rings is 1. The number of hydrogen-bond donors (Lipinski definition) is 1. The summed E-state index contributed by atoms with van der Waals surface area (Å²) in [5.41, 5.74) is 0.296. The second-order valence-corrected chi connectivity index (χ2v) is 10.6. The van der Waals surface area contributed by atoms with Gasteiger partial charge in [0.1, 0.15) is 11.4 Å². The monoisotopic (exact) mass is 430 g/mol. The van der Waals surface area contributed by atoms with Crippen LogP contribution in [0.4, 0.5) is 0 Å². The summed E-state index contributed by atoms with van der Waals surface area (Å²) in [6.45, 7) is 1.63. The Morgan fingerprint density at radius 2 is 1.93 bits per heavy atom. The Bertz CT molecular complexity index is 1020. The van der Waals surface area contributed by atoms with Crippen molar-refractivity contribution >= 4 is 15.9 Å². The lowest BCUT2D eigenvalue weighted by Crippen LogP contribution is -2.54. The van der Waals surface area contributed by atoms with Crippen LogP contribution < -0.4 is 5.32 Å². The van der Waals surface area contributed by atoms with E-state index in [4.69, 9.17) is 4.74 Å². The van der Waals surface area contributed by atoms with E-state index >= 15 is 0 Å². The Morgan fingerprint density at radius 1 is 1.20 bits per heavy atom. The van der Waals surface area contributed by atoms with Crippen LogP contribution in [0.5, 0.6) is 0 Å². The van der Waals surface area contributed by atoms with E-state index < -0.39 is 21.7 Å². The smallest absolute Gasteiger partial charge is 0.251 e. The number of nitrogens with zero attached hydrogens (tertiary/aromatic N) is 3. The molecule has 0 radical (unpaired) electrons. The van der Waals surface area contributed by atoms with Crippen LogP contribution in [-0.2, 0) is 38.2 Å². The number of sulfonamides is 1. The average molecular weight is 431 g/mol. The van der Waals surface area contributed by atoms with Gasteiger partial charge in [-0.1, -0.05) is 30.3 Å². The zero-order valence-corrected chi connectivity index (χ0v) is 17.6. The van der Waals surface area contributed by atoms with E-state index in [1.807, 2.05) is 41.1 Å². The zero-order valence-electron chi connectivity index (χ0n) is 16.7. The number of ether oxygens (including phenoxy) is 1. The van der Waals surface area contributed by atoms with Crippen molar-refractivity contribution in [3.63, 3.8) is 0 Å². The van der Waals surface area contributed by atoms with Crippen LogP contribution in [0, 0.1) is 0 Å². The highest BCUT2D eigenvalue weighted by atomic mass is 32.2. The number of fused-ring (bicyclic) bond motifs is 2. The number of carbonyl (C=O) groups excluding carboxylic acids is 1. The lowest BCUT2D eigenvalue weighted by molar-refractivity contribution is -0.171. The molecule has 1 aromatic carbocycles. The third-order valence-electron chi connectivity index (χ3n) is 6.29. The fourth-order valence-electron chi connectivity index (χ4n) is 4.45. The molecule has 1 saturated heterocycles. The number of aromatic nitrogens is 2. The molecule has 1 saturated carbocycles. The van der Waals surface area contributed by atoms with Crippen molar-refractivity contribution in [2.75, 3.05) is 13.1 Å². The maximum atomic E-state index is 12.9. The first-order chi connectivity index (χ1) is 14.5. The number of hydrogen-bond acceptors (Lipinski definition) is 5. The predicted molar refractivity (Wildman–Crippen MR) is 110 cm³/mol. The molecule has 30 heavy (non-hydrogen) atoms. The molecule has 3 aliphatic rings. The Balaban J connectivity index is 1.30. The fourth-order valence-corrected chi connectivity index (χ4v) is 6.30. The topological polar surface area (TPSA) is 93.5 Å². The quantitative estimate of drug-likeness (QED) is 0.774. The van der Waals surface area contributed by atoms with Crippen molar-refractivity contribution in [1.29, 1.82) is 0 Å². The molecule has 1 aliphatic carbocycles. The minimum absolute atomic E-state index is 0.161. The molecule has 1 unspecified atom stereocenters. The minimum Gasteiger partial charge on any atom is -0.352 e. The lowest BCUT2D eigenvalue weighted by Gasteiger charge is -2.45. The molecule has 8 nitrogen and oxygen atoms in total. The number of amides is 1. The van der Waals surface area contributed by atoms with Crippen molar-refractivity contribution in [3.8, 4) is 0 Å². The highest BCUT2D eigenvalue weighted by molar-refractivity contribution is 7.90. The van der Waals surface area contributed by atoms with E-state index in [1.54, 1.807) is 10.5 Å². The van der Waals surface area contributed by atoms with Crippen molar-refractivity contribution in [3.05, 3.63) is 54.1 Å². The van der Waals surface area contributed by atoms with Gasteiger partial charge in [-0.05, 0) is 31.2 Å². The van der Waals surface area contributed by atoms with Crippen molar-refractivity contribution < 1.29 is 17.9 Å². The van der Waals surface area contributed by atoms with E-state index in [2.05, 4.69) is 10.3 Å². The molecule has 2 fully saturated rings. The largest absolute Gasteiger partial charge is 0.352 e. The maximum absolute atomic E-state index is 12.9. The van der Waals surface area contributed by atoms with Gasteiger partial charge in [0.25, 0.3) is 5.91 Å². The Morgan fingerprint density at radius 3 is 2.63 bits per heavy atom. The van der Waals surface area contributed by atoms with Gasteiger partial charge in [-0.25, -0.2) is 17.7 Å². The van der Waals surface area contributed by atoms with Crippen LogP contribution in [0.15, 0.2) is 42.7 Å². The highest BCUT2D eigenvalue weighted by Gasteiger charge is 2.50. The summed E-state index contributed by atoms with van der Waals surface area (Å²) < 4.78 is 35.1. The van der Waals surface area contributed by atoms with Crippen LogP contribution in [0.1, 0.15) is 37.1 Å². The van der Waals surface area contributed by atoms with Crippen molar-refractivity contribution in [2.24, 2.45) is 0 Å². The summed E-state index contributed by atoms with van der Waals surface area (Å²) in [5.74, 6) is 0.628. The van der Waals surface area contributed by atoms with E-state index in [1.165, 1.54) is 0 Å². The van der Waals surface area contributed by atoms with Gasteiger partial charge in [0, 0.05) is 32.0 Å². The van der Waals surface area contributed by atoms with Crippen LogP contribution in [-0.4, -0.2) is 52.6 Å². The first kappa shape index (κ1) is 19.7. The van der Waals surface area contributed by atoms with Gasteiger partial charge >= 0.3 is 0 Å². The van der Waals surface area contributed by atoms with Gasteiger partial charge in [0.2, 0.25) is 10.0 Å². The maximum Gasteiger partial charge on any atom is 0.251 e. The first-order valence-corrected chi connectivity index (χ1v) is 12.0. The zero-order chi connectivity index (χ0) is 20.8. The van der Waals surface area contributed by atoms with E-state index in [0.29, 0.717) is 39.0 Å². The lowest BCUT2D eigenvalue weighted by atomic mass is 9.89. The summed E-state index contributed by atoms with van der Waals surface area (Å²) in [4.78, 5) is 17.4. The van der Waals surface area contributed by atoms with Gasteiger partial charge in [0.05, 0.1) is 11.8 Å². The van der Waals surface area contributed by atoms with E-state index in [-0.39, 0.29) is 11.2 Å². The Labute approximate surface area is 176 Å². The fraction of sp³-hybridized carbons (Fsp3) is 0.524. The summed E-state index contributed by atoms with van der Waals surface area (Å²) in [6.07, 6.45) is 5.46. The number of rotatable bonds is 5. The average Bonchev–Trinajstić information content (AvgIpc) is 3.52. The molecule has 5 rings (SSSR count).